The van der Waals surface area contributed by atoms with Crippen LogP contribution in [0.15, 0.2) is 46.6 Å². The normalized spacial score (nSPS) is 14.7. The summed E-state index contributed by atoms with van der Waals surface area (Å²) in [7, 11) is 0. The Labute approximate surface area is 149 Å². The number of benzene rings is 1. The van der Waals surface area contributed by atoms with E-state index < -0.39 is 0 Å². The van der Waals surface area contributed by atoms with E-state index in [1.807, 2.05) is 12.1 Å². The molecular weight excluding hydrogens is 327 g/mol. The number of rotatable bonds is 2. The molecule has 0 aliphatic heterocycles. The Morgan fingerprint density at radius 1 is 0.900 bits per heavy atom. The summed E-state index contributed by atoms with van der Waals surface area (Å²) in [5.74, 6) is 0.360. The third-order valence-corrected chi connectivity index (χ3v) is 4.15. The van der Waals surface area contributed by atoms with Gasteiger partial charge in [-0.3, -0.25) is 0 Å². The quantitative estimate of drug-likeness (QED) is 0.611. The van der Waals surface area contributed by atoms with Gasteiger partial charge in [-0.1, -0.05) is 35.4 Å². The zero-order chi connectivity index (χ0) is 12.6. The molecule has 0 spiro atoms. The third kappa shape index (κ3) is 3.78. The van der Waals surface area contributed by atoms with Crippen molar-refractivity contribution in [3.05, 3.63) is 57.7 Å². The average molecular weight is 347 g/mol. The molecule has 0 aromatic heterocycles. The Morgan fingerprint density at radius 2 is 1.35 bits per heavy atom. The van der Waals surface area contributed by atoms with Crippen LogP contribution in [0, 0.1) is 0 Å². The van der Waals surface area contributed by atoms with Gasteiger partial charge in [-0.25, -0.2) is 0 Å². The molecule has 20 heavy (non-hydrogen) atoms. The minimum absolute atomic E-state index is 0. The fraction of sp³-hybridized carbons (Fsp3) is 0.375. The van der Waals surface area contributed by atoms with Crippen LogP contribution in [0.5, 0.6) is 0 Å². The minimum Gasteiger partial charge on any atom is -1.00 e. The molecule has 0 unspecified atom stereocenters. The predicted molar refractivity (Wildman–Crippen MR) is 71.9 cm³/mol. The predicted octanol–water partition coefficient (Wildman–Crippen LogP) is -2.05. The number of aliphatic hydroxyl groups excluding tert-OH is 1. The Bertz CT molecular complexity index is 497. The molecule has 1 aromatic carbocycles. The van der Waals surface area contributed by atoms with Crippen LogP contribution in [0.1, 0.15) is 44.7 Å². The maximum absolute atomic E-state index is 9.45. The Kier molecular flexibility index (Phi) is 10.1. The molecule has 0 bridgehead atoms. The van der Waals surface area contributed by atoms with Gasteiger partial charge in [-0.2, -0.15) is 0 Å². The zero-order valence-electron chi connectivity index (χ0n) is 12.3. The SMILES string of the molecule is CC1=C(C)C(c2ccccc2CO)C(C)=C1C.[Cl-].[Cl-].[Ti+2]. The van der Waals surface area contributed by atoms with Crippen molar-refractivity contribution < 1.29 is 51.6 Å². The van der Waals surface area contributed by atoms with E-state index in [-0.39, 0.29) is 53.1 Å². The number of hydrogen-bond donors (Lipinski definition) is 1. The molecule has 0 saturated heterocycles. The first-order valence-corrected chi connectivity index (χ1v) is 6.11. The van der Waals surface area contributed by atoms with Gasteiger partial charge in [0, 0.05) is 5.92 Å². The second-order valence-corrected chi connectivity index (χ2v) is 4.91. The van der Waals surface area contributed by atoms with Crippen LogP contribution in [0.2, 0.25) is 0 Å². The Hall–Kier alpha value is -0.0457. The van der Waals surface area contributed by atoms with Crippen molar-refractivity contribution in [3.63, 3.8) is 0 Å². The van der Waals surface area contributed by atoms with E-state index in [0.29, 0.717) is 5.92 Å². The van der Waals surface area contributed by atoms with Crippen molar-refractivity contribution in [2.24, 2.45) is 0 Å². The summed E-state index contributed by atoms with van der Waals surface area (Å²) in [6.45, 7) is 8.90. The molecule has 0 atom stereocenters. The van der Waals surface area contributed by atoms with Gasteiger partial charge < -0.3 is 29.9 Å². The van der Waals surface area contributed by atoms with E-state index >= 15 is 0 Å². The maximum atomic E-state index is 9.45. The molecular formula is C16H20Cl2OTi. The summed E-state index contributed by atoms with van der Waals surface area (Å²) in [5.41, 5.74) is 7.93. The van der Waals surface area contributed by atoms with E-state index in [2.05, 4.69) is 39.8 Å². The largest absolute Gasteiger partial charge is 2.00 e. The molecule has 0 amide bonds. The fourth-order valence-electron chi connectivity index (χ4n) is 2.78. The van der Waals surface area contributed by atoms with Crippen LogP contribution < -0.4 is 24.8 Å². The zero-order valence-corrected chi connectivity index (χ0v) is 15.4. The first kappa shape index (κ1) is 22.2. The molecule has 1 aliphatic rings. The molecule has 108 valence electrons. The van der Waals surface area contributed by atoms with Crippen LogP contribution in [0.3, 0.4) is 0 Å². The monoisotopic (exact) mass is 346 g/mol. The molecule has 4 heteroatoms. The molecule has 0 heterocycles. The van der Waals surface area contributed by atoms with Crippen molar-refractivity contribution in [2.75, 3.05) is 0 Å². The molecule has 0 fully saturated rings. The van der Waals surface area contributed by atoms with E-state index in [1.54, 1.807) is 0 Å². The fourth-order valence-corrected chi connectivity index (χ4v) is 2.78. The molecule has 1 aliphatic carbocycles. The third-order valence-electron chi connectivity index (χ3n) is 4.15. The van der Waals surface area contributed by atoms with Gasteiger partial charge in [0.05, 0.1) is 6.61 Å². The van der Waals surface area contributed by atoms with Crippen LogP contribution in [0.25, 0.3) is 0 Å². The summed E-state index contributed by atoms with van der Waals surface area (Å²) in [6.07, 6.45) is 0. The van der Waals surface area contributed by atoms with Gasteiger partial charge in [0.1, 0.15) is 0 Å². The summed E-state index contributed by atoms with van der Waals surface area (Å²) in [6, 6.07) is 8.19. The van der Waals surface area contributed by atoms with Gasteiger partial charge in [-0.15, -0.1) is 0 Å². The number of allylic oxidation sites excluding steroid dienone is 4. The van der Waals surface area contributed by atoms with Crippen molar-refractivity contribution >= 4 is 0 Å². The Morgan fingerprint density at radius 3 is 1.80 bits per heavy atom. The maximum Gasteiger partial charge on any atom is 2.00 e. The first-order valence-electron chi connectivity index (χ1n) is 6.11. The van der Waals surface area contributed by atoms with Crippen LogP contribution >= 0.6 is 0 Å². The molecule has 0 saturated carbocycles. The molecule has 1 N–H and O–H groups in total. The second-order valence-electron chi connectivity index (χ2n) is 4.91. The van der Waals surface area contributed by atoms with Gasteiger partial charge in [-0.05, 0) is 50.0 Å². The van der Waals surface area contributed by atoms with Crippen LogP contribution in [-0.2, 0) is 28.3 Å². The minimum atomic E-state index is 0. The van der Waals surface area contributed by atoms with Crippen LogP contribution in [0.4, 0.5) is 0 Å². The van der Waals surface area contributed by atoms with Crippen molar-refractivity contribution in [1.29, 1.82) is 0 Å². The van der Waals surface area contributed by atoms with Crippen LogP contribution in [-0.4, -0.2) is 5.11 Å². The smallest absolute Gasteiger partial charge is 1.00 e. The summed E-state index contributed by atoms with van der Waals surface area (Å²) in [4.78, 5) is 0. The number of halogens is 2. The average Bonchev–Trinajstić information content (AvgIpc) is 2.54. The first-order chi connectivity index (χ1) is 8.07. The number of hydrogen-bond acceptors (Lipinski definition) is 1. The van der Waals surface area contributed by atoms with E-state index in [9.17, 15) is 5.11 Å². The molecule has 1 aromatic rings. The number of aliphatic hydroxyl groups is 1. The van der Waals surface area contributed by atoms with Gasteiger partial charge >= 0.3 is 21.7 Å². The molecule has 1 nitrogen and oxygen atoms in total. The van der Waals surface area contributed by atoms with E-state index in [1.165, 1.54) is 27.9 Å². The summed E-state index contributed by atoms with van der Waals surface area (Å²) in [5, 5.41) is 9.45. The van der Waals surface area contributed by atoms with Gasteiger partial charge in [0.25, 0.3) is 0 Å². The van der Waals surface area contributed by atoms with E-state index in [0.717, 1.165) is 5.56 Å². The van der Waals surface area contributed by atoms with Gasteiger partial charge in [0.15, 0.2) is 0 Å². The van der Waals surface area contributed by atoms with Crippen molar-refractivity contribution in [2.45, 2.75) is 40.2 Å². The molecule has 0 radical (unpaired) electrons. The summed E-state index contributed by atoms with van der Waals surface area (Å²) >= 11 is 0. The standard InChI is InChI=1S/C16H20O.2ClH.Ti/c1-10-11(2)13(4)16(12(10)3)15-8-6-5-7-14(15)9-17;;;/h5-8,16-17H,9H2,1-4H3;2*1H;/q;;;+2/p-2. The van der Waals surface area contributed by atoms with E-state index in [4.69, 9.17) is 0 Å². The van der Waals surface area contributed by atoms with Gasteiger partial charge in [0.2, 0.25) is 0 Å². The summed E-state index contributed by atoms with van der Waals surface area (Å²) < 4.78 is 0. The van der Waals surface area contributed by atoms with Crippen molar-refractivity contribution in [1.82, 2.24) is 0 Å². The Balaban J connectivity index is 0. The van der Waals surface area contributed by atoms with Crippen molar-refractivity contribution in [3.8, 4) is 0 Å². The molecule has 2 rings (SSSR count). The topological polar surface area (TPSA) is 20.2 Å². The second kappa shape index (κ2) is 9.07.